The van der Waals surface area contributed by atoms with Crippen LogP contribution in [-0.4, -0.2) is 39.8 Å². The van der Waals surface area contributed by atoms with E-state index in [2.05, 4.69) is 15.2 Å². The highest BCUT2D eigenvalue weighted by molar-refractivity contribution is 5.95. The normalized spacial score (nSPS) is 12.5. The highest BCUT2D eigenvalue weighted by Gasteiger charge is 2.31. The first-order valence-electron chi connectivity index (χ1n) is 10.2. The van der Waals surface area contributed by atoms with Gasteiger partial charge in [0.05, 0.1) is 24.0 Å². The molecule has 1 atom stereocenters. The van der Waals surface area contributed by atoms with Gasteiger partial charge in [-0.2, -0.15) is 9.78 Å². The molecule has 0 fully saturated rings. The maximum Gasteiger partial charge on any atom is 0.573 e. The highest BCUT2D eigenvalue weighted by Crippen LogP contribution is 2.26. The number of carbonyl (C=O) groups is 1. The van der Waals surface area contributed by atoms with Gasteiger partial charge in [0.2, 0.25) is 0 Å². The molecule has 0 saturated heterocycles. The van der Waals surface area contributed by atoms with E-state index in [0.717, 1.165) is 22.9 Å². The Balaban J connectivity index is 2.11. The molecule has 1 heterocycles. The number of carbonyl (C=O) groups excluding carboxylic acids is 1. The minimum absolute atomic E-state index is 0.0421. The van der Waals surface area contributed by atoms with Gasteiger partial charge in [-0.25, -0.2) is 4.39 Å². The number of amides is 1. The topological polar surface area (TPSA) is 93.4 Å². The summed E-state index contributed by atoms with van der Waals surface area (Å²) in [4.78, 5) is 26.0. The molecular formula is C23H21F4N3O4. The predicted molar refractivity (Wildman–Crippen MR) is 115 cm³/mol. The van der Waals surface area contributed by atoms with Crippen LogP contribution in [0, 0.1) is 11.7 Å². The van der Waals surface area contributed by atoms with Crippen molar-refractivity contribution in [1.82, 2.24) is 15.1 Å². The van der Waals surface area contributed by atoms with Gasteiger partial charge < -0.3 is 15.2 Å². The number of aliphatic hydroxyl groups is 1. The molecule has 1 aromatic heterocycles. The molecule has 0 aliphatic rings. The molecule has 7 nitrogen and oxygen atoms in total. The smallest absolute Gasteiger partial charge is 0.406 e. The summed E-state index contributed by atoms with van der Waals surface area (Å²) in [7, 11) is 0. The summed E-state index contributed by atoms with van der Waals surface area (Å²) < 4.78 is 55.8. The van der Waals surface area contributed by atoms with Gasteiger partial charge in [-0.3, -0.25) is 9.59 Å². The van der Waals surface area contributed by atoms with Gasteiger partial charge in [0.25, 0.3) is 11.5 Å². The zero-order valence-electron chi connectivity index (χ0n) is 18.1. The summed E-state index contributed by atoms with van der Waals surface area (Å²) in [5, 5.41) is 16.3. The average Bonchev–Trinajstić information content (AvgIpc) is 2.76. The molecule has 3 aromatic rings. The summed E-state index contributed by atoms with van der Waals surface area (Å²) in [6, 6.07) is 10.2. The van der Waals surface area contributed by atoms with Crippen LogP contribution in [0.3, 0.4) is 0 Å². The number of alkyl halides is 3. The van der Waals surface area contributed by atoms with Crippen LogP contribution in [0.5, 0.6) is 5.75 Å². The Labute approximate surface area is 191 Å². The molecule has 11 heteroatoms. The van der Waals surface area contributed by atoms with Crippen molar-refractivity contribution in [2.45, 2.75) is 26.3 Å². The third-order valence-electron chi connectivity index (χ3n) is 4.91. The van der Waals surface area contributed by atoms with Crippen LogP contribution in [0.25, 0.3) is 16.9 Å². The van der Waals surface area contributed by atoms with Gasteiger partial charge in [0, 0.05) is 5.56 Å². The first kappa shape index (κ1) is 24.9. The molecule has 0 saturated carbocycles. The summed E-state index contributed by atoms with van der Waals surface area (Å²) in [5.41, 5.74) is -0.803. The maximum atomic E-state index is 13.8. The fraction of sp³-hybridized carbons (Fsp3) is 0.261. The van der Waals surface area contributed by atoms with Crippen LogP contribution in [-0.2, 0) is 0 Å². The van der Waals surface area contributed by atoms with Crippen LogP contribution in [0.15, 0.2) is 59.4 Å². The fourth-order valence-electron chi connectivity index (χ4n) is 3.08. The van der Waals surface area contributed by atoms with Crippen molar-refractivity contribution >= 4 is 5.91 Å². The molecular weight excluding hydrogens is 458 g/mol. The third-order valence-corrected chi connectivity index (χ3v) is 4.91. The van der Waals surface area contributed by atoms with E-state index in [4.69, 9.17) is 0 Å². The average molecular weight is 479 g/mol. The molecule has 34 heavy (non-hydrogen) atoms. The third kappa shape index (κ3) is 5.98. The van der Waals surface area contributed by atoms with Crippen LogP contribution in [0.1, 0.15) is 24.2 Å². The molecule has 0 aliphatic carbocycles. The number of hydrogen-bond acceptors (Lipinski definition) is 5. The van der Waals surface area contributed by atoms with Crippen molar-refractivity contribution in [2.75, 3.05) is 6.61 Å². The number of nitrogens with one attached hydrogen (secondary N) is 1. The second-order valence-electron chi connectivity index (χ2n) is 7.72. The molecule has 2 aromatic carbocycles. The van der Waals surface area contributed by atoms with Crippen molar-refractivity contribution < 1.29 is 32.2 Å². The molecule has 0 spiro atoms. The minimum atomic E-state index is -4.87. The quantitative estimate of drug-likeness (QED) is 0.505. The molecule has 2 N–H and O–H groups in total. The monoisotopic (exact) mass is 479 g/mol. The second-order valence-corrected chi connectivity index (χ2v) is 7.72. The zero-order chi connectivity index (χ0) is 25.0. The van der Waals surface area contributed by atoms with E-state index >= 15 is 0 Å². The summed E-state index contributed by atoms with van der Waals surface area (Å²) in [6.45, 7) is 3.18. The molecule has 0 aliphatic heterocycles. The lowest BCUT2D eigenvalue weighted by Crippen LogP contribution is -2.43. The van der Waals surface area contributed by atoms with Crippen molar-refractivity contribution in [2.24, 2.45) is 5.92 Å². The number of nitrogens with zero attached hydrogens (tertiary/aromatic N) is 2. The summed E-state index contributed by atoms with van der Waals surface area (Å²) >= 11 is 0. The second kappa shape index (κ2) is 10.0. The Morgan fingerprint density at radius 3 is 2.38 bits per heavy atom. The largest absolute Gasteiger partial charge is 0.573 e. The van der Waals surface area contributed by atoms with E-state index in [1.807, 2.05) is 0 Å². The SMILES string of the molecule is CC(C)[C@@H](CO)NC(=O)c1cc(-c2ccc(OC(F)(F)F)cc2)nn(-c2cccc(F)c2)c1=O. The summed E-state index contributed by atoms with van der Waals surface area (Å²) in [6.07, 6.45) is -4.87. The van der Waals surface area contributed by atoms with Crippen molar-refractivity contribution in [3.63, 3.8) is 0 Å². The number of halogens is 4. The lowest BCUT2D eigenvalue weighted by Gasteiger charge is -2.20. The van der Waals surface area contributed by atoms with Crippen LogP contribution in [0.2, 0.25) is 0 Å². The van der Waals surface area contributed by atoms with Gasteiger partial charge >= 0.3 is 6.36 Å². The molecule has 0 bridgehead atoms. The maximum absolute atomic E-state index is 13.8. The standard InChI is InChI=1S/C23H21F4N3O4/c1-13(2)20(12-31)28-21(32)18-11-19(14-6-8-17(9-7-14)34-23(25,26)27)29-30(22(18)33)16-5-3-4-15(24)10-16/h3-11,13,20,31H,12H2,1-2H3,(H,28,32)/t20-/m1/s1. The van der Waals surface area contributed by atoms with Crippen molar-refractivity contribution in [3.05, 3.63) is 76.3 Å². The number of benzene rings is 2. The molecule has 1 amide bonds. The van der Waals surface area contributed by atoms with Crippen LogP contribution in [0.4, 0.5) is 17.6 Å². The number of ether oxygens (including phenoxy) is 1. The van der Waals surface area contributed by atoms with E-state index in [1.165, 1.54) is 36.4 Å². The Hall–Kier alpha value is -3.73. The Morgan fingerprint density at radius 2 is 1.82 bits per heavy atom. The van der Waals surface area contributed by atoms with Crippen LogP contribution >= 0.6 is 0 Å². The highest BCUT2D eigenvalue weighted by atomic mass is 19.4. The van der Waals surface area contributed by atoms with Crippen LogP contribution < -0.4 is 15.6 Å². The van der Waals surface area contributed by atoms with Crippen molar-refractivity contribution in [3.8, 4) is 22.7 Å². The van der Waals surface area contributed by atoms with Gasteiger partial charge in [0.15, 0.2) is 0 Å². The first-order valence-corrected chi connectivity index (χ1v) is 10.2. The number of hydrogen-bond donors (Lipinski definition) is 2. The Morgan fingerprint density at radius 1 is 1.15 bits per heavy atom. The fourth-order valence-corrected chi connectivity index (χ4v) is 3.08. The minimum Gasteiger partial charge on any atom is -0.406 e. The predicted octanol–water partition coefficient (Wildman–Crippen LogP) is 3.68. The van der Waals surface area contributed by atoms with E-state index in [1.54, 1.807) is 13.8 Å². The van der Waals surface area contributed by atoms with Gasteiger partial charge in [-0.15, -0.1) is 13.2 Å². The first-order chi connectivity index (χ1) is 16.0. The molecule has 180 valence electrons. The number of aliphatic hydroxyl groups excluding tert-OH is 1. The van der Waals surface area contributed by atoms with Gasteiger partial charge in [0.1, 0.15) is 17.1 Å². The number of aromatic nitrogens is 2. The number of rotatable bonds is 7. The zero-order valence-corrected chi connectivity index (χ0v) is 18.1. The van der Waals surface area contributed by atoms with Gasteiger partial charge in [-0.05, 0) is 54.4 Å². The summed E-state index contributed by atoms with van der Waals surface area (Å²) in [5.74, 6) is -2.03. The molecule has 3 rings (SSSR count). The lowest BCUT2D eigenvalue weighted by atomic mass is 10.0. The van der Waals surface area contributed by atoms with E-state index in [-0.39, 0.29) is 35.0 Å². The molecule has 0 radical (unpaired) electrons. The van der Waals surface area contributed by atoms with Crippen molar-refractivity contribution in [1.29, 1.82) is 0 Å². The van der Waals surface area contributed by atoms with E-state index in [0.29, 0.717) is 0 Å². The Kier molecular flexibility index (Phi) is 7.35. The molecule has 0 unspecified atom stereocenters. The van der Waals surface area contributed by atoms with Gasteiger partial charge in [-0.1, -0.05) is 19.9 Å². The lowest BCUT2D eigenvalue weighted by molar-refractivity contribution is -0.274. The van der Waals surface area contributed by atoms with E-state index in [9.17, 15) is 32.3 Å². The Bertz CT molecular complexity index is 1220. The van der Waals surface area contributed by atoms with E-state index < -0.39 is 35.4 Å².